The van der Waals surface area contributed by atoms with Crippen molar-refractivity contribution in [1.82, 2.24) is 15.1 Å². The third-order valence-electron chi connectivity index (χ3n) is 3.96. The maximum atomic E-state index is 12.1. The summed E-state index contributed by atoms with van der Waals surface area (Å²) in [6, 6.07) is 9.71. The summed E-state index contributed by atoms with van der Waals surface area (Å²) < 4.78 is 17.0. The van der Waals surface area contributed by atoms with Gasteiger partial charge in [0.25, 0.3) is 11.5 Å². The first-order valence-electron chi connectivity index (χ1n) is 9.91. The van der Waals surface area contributed by atoms with Gasteiger partial charge in [-0.25, -0.2) is 9.48 Å². The van der Waals surface area contributed by atoms with Gasteiger partial charge in [0.1, 0.15) is 18.1 Å². The van der Waals surface area contributed by atoms with Crippen LogP contribution in [0.2, 0.25) is 0 Å². The molecule has 0 fully saturated rings. The van der Waals surface area contributed by atoms with Crippen molar-refractivity contribution in [1.29, 1.82) is 0 Å². The summed E-state index contributed by atoms with van der Waals surface area (Å²) in [5.74, 6) is 0.192. The lowest BCUT2D eigenvalue weighted by Crippen LogP contribution is -2.32. The number of unbranched alkanes of at least 4 members (excludes halogenated alkanes) is 1. The third kappa shape index (κ3) is 7.57. The quantitative estimate of drug-likeness (QED) is 0.414. The molecule has 0 saturated heterocycles. The SMILES string of the molecule is CCCCn1nc(C(=O)OCC(=O)NCCOc2ccc(OCC)cc2)ccc1=O. The summed E-state index contributed by atoms with van der Waals surface area (Å²) in [5, 5.41) is 6.58. The van der Waals surface area contributed by atoms with Gasteiger partial charge >= 0.3 is 5.97 Å². The van der Waals surface area contributed by atoms with Crippen LogP contribution in [0.3, 0.4) is 0 Å². The Balaban J connectivity index is 1.70. The van der Waals surface area contributed by atoms with E-state index in [2.05, 4.69) is 10.4 Å². The zero-order valence-corrected chi connectivity index (χ0v) is 17.3. The van der Waals surface area contributed by atoms with Crippen molar-refractivity contribution < 1.29 is 23.8 Å². The van der Waals surface area contributed by atoms with Crippen LogP contribution in [0.25, 0.3) is 0 Å². The molecule has 0 spiro atoms. The Morgan fingerprint density at radius 3 is 2.40 bits per heavy atom. The number of nitrogens with one attached hydrogen (secondary N) is 1. The van der Waals surface area contributed by atoms with Gasteiger partial charge < -0.3 is 19.5 Å². The van der Waals surface area contributed by atoms with Gasteiger partial charge in [-0.3, -0.25) is 9.59 Å². The zero-order chi connectivity index (χ0) is 21.8. The highest BCUT2D eigenvalue weighted by Crippen LogP contribution is 2.17. The highest BCUT2D eigenvalue weighted by Gasteiger charge is 2.13. The number of nitrogens with zero attached hydrogens (tertiary/aromatic N) is 2. The molecule has 162 valence electrons. The van der Waals surface area contributed by atoms with E-state index in [1.807, 2.05) is 13.8 Å². The fraction of sp³-hybridized carbons (Fsp3) is 0.429. The van der Waals surface area contributed by atoms with Gasteiger partial charge in [-0.05, 0) is 43.7 Å². The fourth-order valence-corrected chi connectivity index (χ4v) is 2.44. The molecule has 0 saturated carbocycles. The van der Waals surface area contributed by atoms with Crippen molar-refractivity contribution in [3.05, 3.63) is 52.4 Å². The molecule has 0 aliphatic rings. The molecule has 2 aromatic rings. The van der Waals surface area contributed by atoms with Gasteiger partial charge in [0.2, 0.25) is 0 Å². The van der Waals surface area contributed by atoms with Gasteiger partial charge in [0.15, 0.2) is 12.3 Å². The molecule has 0 bridgehead atoms. The molecule has 0 radical (unpaired) electrons. The number of esters is 1. The minimum atomic E-state index is -0.763. The summed E-state index contributed by atoms with van der Waals surface area (Å²) in [6.07, 6.45) is 1.66. The van der Waals surface area contributed by atoms with E-state index in [0.717, 1.165) is 18.6 Å². The van der Waals surface area contributed by atoms with Gasteiger partial charge in [-0.15, -0.1) is 0 Å². The largest absolute Gasteiger partial charge is 0.494 e. The highest BCUT2D eigenvalue weighted by molar-refractivity contribution is 5.89. The van der Waals surface area contributed by atoms with Crippen LogP contribution in [0.1, 0.15) is 37.2 Å². The van der Waals surface area contributed by atoms with Crippen LogP contribution in [0.4, 0.5) is 0 Å². The molecular formula is C21H27N3O6. The first kappa shape index (κ1) is 22.9. The van der Waals surface area contributed by atoms with Crippen LogP contribution in [0.15, 0.2) is 41.2 Å². The van der Waals surface area contributed by atoms with Crippen LogP contribution in [0, 0.1) is 0 Å². The first-order chi connectivity index (χ1) is 14.5. The summed E-state index contributed by atoms with van der Waals surface area (Å²) in [5.41, 5.74) is -0.303. The number of benzene rings is 1. The highest BCUT2D eigenvalue weighted by atomic mass is 16.5. The summed E-state index contributed by atoms with van der Waals surface area (Å²) in [4.78, 5) is 35.6. The number of aromatic nitrogens is 2. The molecule has 1 aromatic heterocycles. The maximum absolute atomic E-state index is 12.1. The predicted octanol–water partition coefficient (Wildman–Crippen LogP) is 1.79. The molecule has 0 unspecified atom stereocenters. The zero-order valence-electron chi connectivity index (χ0n) is 17.3. The Kier molecular flexibility index (Phi) is 9.36. The second-order valence-corrected chi connectivity index (χ2v) is 6.31. The van der Waals surface area contributed by atoms with E-state index in [9.17, 15) is 14.4 Å². The van der Waals surface area contributed by atoms with E-state index >= 15 is 0 Å². The molecule has 9 nitrogen and oxygen atoms in total. The van der Waals surface area contributed by atoms with Crippen LogP contribution in [-0.4, -0.2) is 48.0 Å². The van der Waals surface area contributed by atoms with Gasteiger partial charge in [-0.1, -0.05) is 13.3 Å². The van der Waals surface area contributed by atoms with E-state index < -0.39 is 18.5 Å². The fourth-order valence-electron chi connectivity index (χ4n) is 2.44. The van der Waals surface area contributed by atoms with E-state index in [1.54, 1.807) is 24.3 Å². The van der Waals surface area contributed by atoms with E-state index in [0.29, 0.717) is 18.9 Å². The molecule has 30 heavy (non-hydrogen) atoms. The molecular weight excluding hydrogens is 390 g/mol. The summed E-state index contributed by atoms with van der Waals surface area (Å²) in [6.45, 7) is 4.98. The maximum Gasteiger partial charge on any atom is 0.359 e. The second kappa shape index (κ2) is 12.3. The Hall–Kier alpha value is -3.36. The average Bonchev–Trinajstić information content (AvgIpc) is 2.75. The summed E-state index contributed by atoms with van der Waals surface area (Å²) in [7, 11) is 0. The molecule has 1 N–H and O–H groups in total. The molecule has 1 heterocycles. The first-order valence-corrected chi connectivity index (χ1v) is 9.91. The average molecular weight is 417 g/mol. The molecule has 0 aliphatic carbocycles. The second-order valence-electron chi connectivity index (χ2n) is 6.31. The van der Waals surface area contributed by atoms with Crippen molar-refractivity contribution in [2.75, 3.05) is 26.4 Å². The number of hydrogen-bond acceptors (Lipinski definition) is 7. The number of hydrogen-bond donors (Lipinski definition) is 1. The normalized spacial score (nSPS) is 10.3. The minimum Gasteiger partial charge on any atom is -0.494 e. The topological polar surface area (TPSA) is 109 Å². The molecule has 0 atom stereocenters. The Bertz CT molecular complexity index is 879. The molecule has 2 rings (SSSR count). The lowest BCUT2D eigenvalue weighted by atomic mass is 10.3. The predicted molar refractivity (Wildman–Crippen MR) is 110 cm³/mol. The molecule has 1 aromatic carbocycles. The van der Waals surface area contributed by atoms with Gasteiger partial charge in [-0.2, -0.15) is 5.10 Å². The number of carbonyl (C=O) groups is 2. The van der Waals surface area contributed by atoms with Crippen molar-refractivity contribution >= 4 is 11.9 Å². The molecule has 1 amide bonds. The van der Waals surface area contributed by atoms with Crippen LogP contribution < -0.4 is 20.3 Å². The minimum absolute atomic E-state index is 0.0164. The van der Waals surface area contributed by atoms with E-state index in [1.165, 1.54) is 16.8 Å². The van der Waals surface area contributed by atoms with Gasteiger partial charge in [0, 0.05) is 12.6 Å². The van der Waals surface area contributed by atoms with Crippen LogP contribution in [-0.2, 0) is 16.1 Å². The molecule has 9 heteroatoms. The standard InChI is InChI=1S/C21H27N3O6/c1-3-5-13-24-20(26)11-10-18(23-24)21(27)30-15-19(25)22-12-14-29-17-8-6-16(7-9-17)28-4-2/h6-11H,3-5,12-15H2,1-2H3,(H,22,25). The van der Waals surface area contributed by atoms with Crippen molar-refractivity contribution in [2.24, 2.45) is 0 Å². The smallest absolute Gasteiger partial charge is 0.359 e. The number of rotatable bonds is 12. The van der Waals surface area contributed by atoms with E-state index in [-0.39, 0.29) is 24.4 Å². The van der Waals surface area contributed by atoms with Gasteiger partial charge in [0.05, 0.1) is 13.2 Å². The number of ether oxygens (including phenoxy) is 3. The Morgan fingerprint density at radius 1 is 1.03 bits per heavy atom. The van der Waals surface area contributed by atoms with Crippen molar-refractivity contribution in [3.63, 3.8) is 0 Å². The Labute approximate surface area is 174 Å². The van der Waals surface area contributed by atoms with Crippen LogP contribution >= 0.6 is 0 Å². The van der Waals surface area contributed by atoms with Crippen molar-refractivity contribution in [3.8, 4) is 11.5 Å². The number of amides is 1. The van der Waals surface area contributed by atoms with E-state index in [4.69, 9.17) is 14.2 Å². The molecule has 0 aliphatic heterocycles. The van der Waals surface area contributed by atoms with Crippen LogP contribution in [0.5, 0.6) is 11.5 Å². The monoisotopic (exact) mass is 417 g/mol. The third-order valence-corrected chi connectivity index (χ3v) is 3.96. The lowest BCUT2D eigenvalue weighted by molar-refractivity contribution is -0.124. The Morgan fingerprint density at radius 2 is 1.73 bits per heavy atom. The number of aryl methyl sites for hydroxylation is 1. The lowest BCUT2D eigenvalue weighted by Gasteiger charge is -2.09. The summed E-state index contributed by atoms with van der Waals surface area (Å²) >= 11 is 0. The van der Waals surface area contributed by atoms with Crippen molar-refractivity contribution in [2.45, 2.75) is 33.2 Å². The number of carbonyl (C=O) groups excluding carboxylic acids is 2.